The van der Waals surface area contributed by atoms with Gasteiger partial charge in [-0.3, -0.25) is 9.59 Å². The third kappa shape index (κ3) is 5.95. The average Bonchev–Trinajstić information content (AvgIpc) is 3.11. The Kier molecular flexibility index (Phi) is 8.05. The minimum atomic E-state index is -0.424. The predicted molar refractivity (Wildman–Crippen MR) is 129 cm³/mol. The van der Waals surface area contributed by atoms with Crippen LogP contribution in [0.15, 0.2) is 41.6 Å². The molecule has 168 valence electrons. The number of aromatic nitrogens is 3. The van der Waals surface area contributed by atoms with E-state index in [-0.39, 0.29) is 17.6 Å². The van der Waals surface area contributed by atoms with E-state index >= 15 is 0 Å². The van der Waals surface area contributed by atoms with Crippen LogP contribution in [0.25, 0.3) is 0 Å². The number of halogens is 3. The van der Waals surface area contributed by atoms with E-state index in [4.69, 9.17) is 34.8 Å². The summed E-state index contributed by atoms with van der Waals surface area (Å²) in [4.78, 5) is 24.9. The van der Waals surface area contributed by atoms with E-state index in [0.29, 0.717) is 37.3 Å². The van der Waals surface area contributed by atoms with Crippen LogP contribution in [0.4, 0.5) is 5.69 Å². The van der Waals surface area contributed by atoms with E-state index in [1.54, 1.807) is 42.8 Å². The average molecular weight is 513 g/mol. The van der Waals surface area contributed by atoms with E-state index in [1.165, 1.54) is 17.8 Å². The molecule has 7 nitrogen and oxygen atoms in total. The molecule has 2 N–H and O–H groups in total. The topological polar surface area (TPSA) is 88.9 Å². The largest absolute Gasteiger partial charge is 0.342 e. The predicted octanol–water partition coefficient (Wildman–Crippen LogP) is 5.31. The number of amides is 2. The Bertz CT molecular complexity index is 1170. The van der Waals surface area contributed by atoms with Gasteiger partial charge in [-0.05, 0) is 49.7 Å². The van der Waals surface area contributed by atoms with Crippen molar-refractivity contribution >= 4 is 64.1 Å². The number of nitrogens with zero attached hydrogens (tertiary/aromatic N) is 3. The lowest BCUT2D eigenvalue weighted by Gasteiger charge is -2.14. The first-order chi connectivity index (χ1) is 15.2. The van der Waals surface area contributed by atoms with Crippen molar-refractivity contribution in [3.63, 3.8) is 0 Å². The Morgan fingerprint density at radius 1 is 1.09 bits per heavy atom. The van der Waals surface area contributed by atoms with Gasteiger partial charge in [0.25, 0.3) is 5.91 Å². The molecule has 2 aromatic carbocycles. The minimum Gasteiger partial charge on any atom is -0.342 e. The SMILES string of the molecule is Cc1ccc(Cl)cc1NC(=O)CSc1nnc([C@@H](C)NC(=O)c2ccc(Cl)c(Cl)c2)n1C. The molecule has 11 heteroatoms. The standard InChI is InChI=1S/C21H20Cl3N5O2S/c1-11-4-6-14(22)9-17(11)26-18(30)10-32-21-28-27-19(29(21)3)12(2)25-20(31)13-5-7-15(23)16(24)8-13/h4-9,12H,10H2,1-3H3,(H,25,31)(H,26,30)/t12-/m1/s1. The lowest BCUT2D eigenvalue weighted by Crippen LogP contribution is -2.28. The summed E-state index contributed by atoms with van der Waals surface area (Å²) < 4.78 is 1.74. The molecule has 0 radical (unpaired) electrons. The van der Waals surface area contributed by atoms with Crippen LogP contribution in [0.5, 0.6) is 0 Å². The van der Waals surface area contributed by atoms with Gasteiger partial charge in [-0.1, -0.05) is 52.6 Å². The normalized spacial score (nSPS) is 11.8. The van der Waals surface area contributed by atoms with E-state index in [1.807, 2.05) is 13.0 Å². The first-order valence-electron chi connectivity index (χ1n) is 9.49. The fourth-order valence-corrected chi connectivity index (χ4v) is 4.04. The molecule has 1 atom stereocenters. The van der Waals surface area contributed by atoms with Crippen molar-refractivity contribution in [3.05, 3.63) is 68.4 Å². The van der Waals surface area contributed by atoms with Gasteiger partial charge in [-0.25, -0.2) is 0 Å². The number of thioether (sulfide) groups is 1. The molecule has 0 aliphatic carbocycles. The second kappa shape index (κ2) is 10.6. The molecule has 0 aliphatic rings. The monoisotopic (exact) mass is 511 g/mol. The van der Waals surface area contributed by atoms with Crippen LogP contribution >= 0.6 is 46.6 Å². The summed E-state index contributed by atoms with van der Waals surface area (Å²) in [6.07, 6.45) is 0. The Hall–Kier alpha value is -2.26. The van der Waals surface area contributed by atoms with Crippen molar-refractivity contribution in [2.45, 2.75) is 25.0 Å². The van der Waals surface area contributed by atoms with Crippen LogP contribution in [-0.4, -0.2) is 32.3 Å². The Morgan fingerprint density at radius 3 is 2.56 bits per heavy atom. The van der Waals surface area contributed by atoms with Gasteiger partial charge in [0, 0.05) is 23.3 Å². The first-order valence-corrected chi connectivity index (χ1v) is 11.6. The molecule has 32 heavy (non-hydrogen) atoms. The van der Waals surface area contributed by atoms with E-state index in [0.717, 1.165) is 5.56 Å². The molecule has 0 saturated heterocycles. The third-order valence-corrected chi connectivity index (χ3v) is 6.59. The Morgan fingerprint density at radius 2 is 1.84 bits per heavy atom. The van der Waals surface area contributed by atoms with Gasteiger partial charge in [-0.2, -0.15) is 0 Å². The van der Waals surface area contributed by atoms with Gasteiger partial charge in [-0.15, -0.1) is 10.2 Å². The second-order valence-electron chi connectivity index (χ2n) is 7.02. The molecule has 1 heterocycles. The van der Waals surface area contributed by atoms with Crippen LogP contribution in [0.1, 0.15) is 34.7 Å². The molecule has 0 spiro atoms. The summed E-state index contributed by atoms with van der Waals surface area (Å²) in [5, 5.41) is 15.8. The van der Waals surface area contributed by atoms with Crippen molar-refractivity contribution in [1.82, 2.24) is 20.1 Å². The van der Waals surface area contributed by atoms with Crippen LogP contribution in [0.3, 0.4) is 0 Å². The van der Waals surface area contributed by atoms with Crippen LogP contribution in [-0.2, 0) is 11.8 Å². The lowest BCUT2D eigenvalue weighted by atomic mass is 10.2. The van der Waals surface area contributed by atoms with Gasteiger partial charge in [0.05, 0.1) is 21.8 Å². The molecule has 0 fully saturated rings. The number of hydrogen-bond donors (Lipinski definition) is 2. The van der Waals surface area contributed by atoms with E-state index in [2.05, 4.69) is 20.8 Å². The van der Waals surface area contributed by atoms with Crippen molar-refractivity contribution in [1.29, 1.82) is 0 Å². The van der Waals surface area contributed by atoms with Gasteiger partial charge in [0.1, 0.15) is 0 Å². The molecule has 3 rings (SSSR count). The number of carbonyl (C=O) groups is 2. The molecule has 0 unspecified atom stereocenters. The van der Waals surface area contributed by atoms with E-state index < -0.39 is 6.04 Å². The summed E-state index contributed by atoms with van der Waals surface area (Å²) >= 11 is 19.1. The molecule has 1 aromatic heterocycles. The minimum absolute atomic E-state index is 0.141. The molecule has 0 bridgehead atoms. The number of anilines is 1. The number of rotatable bonds is 7. The Balaban J connectivity index is 1.60. The summed E-state index contributed by atoms with van der Waals surface area (Å²) in [6, 6.07) is 9.55. The van der Waals surface area contributed by atoms with Gasteiger partial charge in [0.15, 0.2) is 11.0 Å². The van der Waals surface area contributed by atoms with Gasteiger partial charge < -0.3 is 15.2 Å². The number of nitrogens with one attached hydrogen (secondary N) is 2. The molecule has 0 saturated carbocycles. The maximum absolute atomic E-state index is 12.5. The van der Waals surface area contributed by atoms with Crippen LogP contribution in [0, 0.1) is 6.92 Å². The zero-order chi connectivity index (χ0) is 23.4. The van der Waals surface area contributed by atoms with Crippen molar-refractivity contribution < 1.29 is 9.59 Å². The van der Waals surface area contributed by atoms with Crippen molar-refractivity contribution in [2.24, 2.45) is 7.05 Å². The molecule has 0 aliphatic heterocycles. The number of benzene rings is 2. The lowest BCUT2D eigenvalue weighted by molar-refractivity contribution is -0.113. The smallest absolute Gasteiger partial charge is 0.251 e. The Labute approximate surface area is 204 Å². The van der Waals surface area contributed by atoms with Crippen LogP contribution in [0.2, 0.25) is 15.1 Å². The zero-order valence-electron chi connectivity index (χ0n) is 17.4. The highest BCUT2D eigenvalue weighted by Crippen LogP contribution is 2.24. The van der Waals surface area contributed by atoms with Crippen molar-refractivity contribution in [3.8, 4) is 0 Å². The highest BCUT2D eigenvalue weighted by Gasteiger charge is 2.19. The maximum Gasteiger partial charge on any atom is 0.251 e. The van der Waals surface area contributed by atoms with E-state index in [9.17, 15) is 9.59 Å². The van der Waals surface area contributed by atoms with Gasteiger partial charge >= 0.3 is 0 Å². The quantitative estimate of drug-likeness (QED) is 0.419. The highest BCUT2D eigenvalue weighted by molar-refractivity contribution is 7.99. The maximum atomic E-state index is 12.5. The molecule has 2 amide bonds. The molecular weight excluding hydrogens is 493 g/mol. The summed E-state index contributed by atoms with van der Waals surface area (Å²) in [5.74, 6) is 0.185. The number of carbonyl (C=O) groups excluding carboxylic acids is 2. The third-order valence-electron chi connectivity index (χ3n) is 4.59. The highest BCUT2D eigenvalue weighted by atomic mass is 35.5. The summed E-state index contributed by atoms with van der Waals surface area (Å²) in [6.45, 7) is 3.68. The fourth-order valence-electron chi connectivity index (χ4n) is 2.86. The van der Waals surface area contributed by atoms with Crippen molar-refractivity contribution in [2.75, 3.05) is 11.1 Å². The second-order valence-corrected chi connectivity index (χ2v) is 9.21. The molecular formula is C21H20Cl3N5O2S. The zero-order valence-corrected chi connectivity index (χ0v) is 20.5. The van der Waals surface area contributed by atoms with Crippen LogP contribution < -0.4 is 10.6 Å². The summed E-state index contributed by atoms with van der Waals surface area (Å²) in [7, 11) is 1.78. The number of hydrogen-bond acceptors (Lipinski definition) is 5. The van der Waals surface area contributed by atoms with Gasteiger partial charge in [0.2, 0.25) is 5.91 Å². The first kappa shape index (κ1) is 24.4. The number of aryl methyl sites for hydroxylation is 1. The fraction of sp³-hybridized carbons (Fsp3) is 0.238. The summed E-state index contributed by atoms with van der Waals surface area (Å²) in [5.41, 5.74) is 1.97. The molecule has 3 aromatic rings.